The minimum absolute atomic E-state index is 0.754. The molecular weight excluding hydrogens is 544 g/mol. The average Bonchev–Trinajstić information content (AvgIpc) is 3.04. The Kier molecular flexibility index (Phi) is 10.5. The van der Waals surface area contributed by atoms with Crippen molar-refractivity contribution in [2.24, 2.45) is 0 Å². The van der Waals surface area contributed by atoms with Crippen LogP contribution in [0.4, 0.5) is 0 Å². The molecule has 15 heteroatoms. The third-order valence-corrected chi connectivity index (χ3v) is 17.3. The third-order valence-electron chi connectivity index (χ3n) is 8.44. The number of hydrogen-bond donors (Lipinski definition) is 0. The second-order valence-electron chi connectivity index (χ2n) is 10.6. The van der Waals surface area contributed by atoms with E-state index in [0.29, 0.717) is 0 Å². The van der Waals surface area contributed by atoms with E-state index in [9.17, 15) is 0 Å². The van der Waals surface area contributed by atoms with Gasteiger partial charge in [-0.05, 0) is 0 Å². The first-order chi connectivity index (χ1) is 19.3. The fourth-order valence-electron chi connectivity index (χ4n) is 6.51. The summed E-state index contributed by atoms with van der Waals surface area (Å²) in [4.78, 5) is 0. The van der Waals surface area contributed by atoms with Crippen LogP contribution in [-0.2, 0) is 28.4 Å². The van der Waals surface area contributed by atoms with Crippen molar-refractivity contribution in [2.45, 2.75) is 0 Å². The number of hydrogen-bond acceptors (Lipinski definition) is 6. The Hall–Kier alpha value is 0.0900. The molecule has 0 aromatic carbocycles. The predicted molar refractivity (Wildman–Crippen MR) is 150 cm³/mol. The van der Waals surface area contributed by atoms with Gasteiger partial charge < -0.3 is 28.4 Å². The fourth-order valence-corrected chi connectivity index (χ4v) is 16.9. The van der Waals surface area contributed by atoms with E-state index in [1.807, 2.05) is 0 Å². The number of rotatable bonds is 6. The van der Waals surface area contributed by atoms with E-state index < -0.39 is 15.0 Å². The van der Waals surface area contributed by atoms with E-state index in [2.05, 4.69) is 28.0 Å². The van der Waals surface area contributed by atoms with E-state index in [-0.39, 0.29) is 0 Å². The van der Waals surface area contributed by atoms with Crippen molar-refractivity contribution in [1.29, 1.82) is 0 Å². The van der Waals surface area contributed by atoms with Gasteiger partial charge in [0.2, 0.25) is 0 Å². The second kappa shape index (κ2) is 14.0. The molecule has 6 saturated heterocycles. The summed E-state index contributed by atoms with van der Waals surface area (Å²) in [6.07, 6.45) is 0. The van der Waals surface area contributed by atoms with Crippen molar-refractivity contribution in [3.63, 3.8) is 0 Å². The standard InChI is InChI=1S/C24H48N7O6P2/c1-13-32-14-2-26(1)38(27-3-15-33-16-4-27,28-5-17-34-18-6-28)25-39(29-7-19-35-20-8-29,30-9-21-36-22-10-30)31-11-23-37-24-12-31/h1-24H2/q+1. The van der Waals surface area contributed by atoms with Crippen molar-refractivity contribution in [1.82, 2.24) is 32.2 Å². The molecule has 0 spiro atoms. The summed E-state index contributed by atoms with van der Waals surface area (Å²) in [5.74, 6) is 0. The molecule has 6 aliphatic heterocycles. The zero-order valence-corrected chi connectivity index (χ0v) is 25.2. The van der Waals surface area contributed by atoms with Gasteiger partial charge in [-0.2, -0.15) is 28.0 Å². The Labute approximate surface area is 233 Å². The molecular formula is C24H48N7O6P2+. The SMILES string of the molecule is C1CN(P(=[N+]=P(N2CCOCC2)(N2CCOCC2)N2CCOCC2)(N2CCOCC2)N2CCOCC2)CCO1. The van der Waals surface area contributed by atoms with E-state index in [0.717, 1.165) is 158 Å². The van der Waals surface area contributed by atoms with Crippen LogP contribution in [0.5, 0.6) is 0 Å². The maximum Gasteiger partial charge on any atom is 0.432 e. The quantitative estimate of drug-likeness (QED) is 0.306. The Morgan fingerprint density at radius 1 is 0.282 bits per heavy atom. The van der Waals surface area contributed by atoms with Gasteiger partial charge in [-0.3, -0.25) is 0 Å². The molecule has 0 aromatic heterocycles. The van der Waals surface area contributed by atoms with E-state index in [1.54, 1.807) is 0 Å². The van der Waals surface area contributed by atoms with Crippen molar-refractivity contribution >= 4 is 15.0 Å². The molecule has 6 fully saturated rings. The minimum Gasteiger partial charge on any atom is -0.379 e. The summed E-state index contributed by atoms with van der Waals surface area (Å²) < 4.78 is 58.4. The van der Waals surface area contributed by atoms with Gasteiger partial charge in [0.25, 0.3) is 0 Å². The molecule has 0 radical (unpaired) electrons. The van der Waals surface area contributed by atoms with Crippen LogP contribution in [0.15, 0.2) is 0 Å². The number of nitrogens with zero attached hydrogens (tertiary/aromatic N) is 7. The first-order valence-electron chi connectivity index (χ1n) is 14.9. The number of ether oxygens (including phenoxy) is 6. The Bertz CT molecular complexity index is 719. The minimum atomic E-state index is -2.36. The normalized spacial score (nSPS) is 29.3. The van der Waals surface area contributed by atoms with Crippen LogP contribution in [0.2, 0.25) is 0 Å². The highest BCUT2D eigenvalue weighted by atomic mass is 31.2. The molecule has 0 amide bonds. The zero-order chi connectivity index (χ0) is 26.4. The van der Waals surface area contributed by atoms with Gasteiger partial charge in [-0.25, -0.2) is 0 Å². The summed E-state index contributed by atoms with van der Waals surface area (Å²) in [7, 11) is -4.71. The molecule has 6 aliphatic rings. The van der Waals surface area contributed by atoms with Gasteiger partial charge >= 0.3 is 15.0 Å². The maximum absolute atomic E-state index is 6.53. The second-order valence-corrected chi connectivity index (χ2v) is 16.8. The first-order valence-corrected chi connectivity index (χ1v) is 18.1. The lowest BCUT2D eigenvalue weighted by molar-refractivity contribution is 0.0347. The summed E-state index contributed by atoms with van der Waals surface area (Å²) in [6.45, 7) is 19.9. The maximum atomic E-state index is 6.53. The molecule has 39 heavy (non-hydrogen) atoms. The predicted octanol–water partition coefficient (Wildman–Crippen LogP) is -0.0608. The van der Waals surface area contributed by atoms with Gasteiger partial charge in [-0.1, -0.05) is 4.17 Å². The van der Waals surface area contributed by atoms with Gasteiger partial charge in [0.05, 0.1) is 79.3 Å². The van der Waals surface area contributed by atoms with Crippen LogP contribution < -0.4 is 4.17 Å². The lowest BCUT2D eigenvalue weighted by Crippen LogP contribution is -2.54. The fraction of sp³-hybridized carbons (Fsp3) is 1.00. The molecule has 6 rings (SSSR count). The summed E-state index contributed by atoms with van der Waals surface area (Å²) in [5.41, 5.74) is 0. The molecule has 224 valence electrons. The Morgan fingerprint density at radius 2 is 0.436 bits per heavy atom. The van der Waals surface area contributed by atoms with Gasteiger partial charge in [0.1, 0.15) is 0 Å². The molecule has 6 heterocycles. The highest BCUT2D eigenvalue weighted by Crippen LogP contribution is 2.64. The van der Waals surface area contributed by atoms with Gasteiger partial charge in [0.15, 0.2) is 0 Å². The highest BCUT2D eigenvalue weighted by Gasteiger charge is 2.57. The number of morpholine rings is 6. The third kappa shape index (κ3) is 6.11. The van der Waals surface area contributed by atoms with Crippen LogP contribution in [0.3, 0.4) is 0 Å². The summed E-state index contributed by atoms with van der Waals surface area (Å²) >= 11 is 0. The zero-order valence-electron chi connectivity index (χ0n) is 23.4. The van der Waals surface area contributed by atoms with Crippen LogP contribution >= 0.6 is 15.0 Å². The van der Waals surface area contributed by atoms with Crippen LogP contribution in [0.1, 0.15) is 0 Å². The molecule has 0 bridgehead atoms. The molecule has 0 saturated carbocycles. The van der Waals surface area contributed by atoms with Gasteiger partial charge in [-0.15, -0.1) is 0 Å². The first kappa shape index (κ1) is 29.2. The Balaban J connectivity index is 1.67. The summed E-state index contributed by atoms with van der Waals surface area (Å²) in [5, 5.41) is 0. The monoisotopic (exact) mass is 592 g/mol. The molecule has 13 nitrogen and oxygen atoms in total. The smallest absolute Gasteiger partial charge is 0.379 e. The summed E-state index contributed by atoms with van der Waals surface area (Å²) in [6, 6.07) is 0. The Morgan fingerprint density at radius 3 is 0.590 bits per heavy atom. The topological polar surface area (TPSA) is 88.9 Å². The molecule has 0 aliphatic carbocycles. The molecule has 0 aromatic rings. The van der Waals surface area contributed by atoms with Crippen molar-refractivity contribution in [3.8, 4) is 0 Å². The largest absolute Gasteiger partial charge is 0.432 e. The van der Waals surface area contributed by atoms with Crippen molar-refractivity contribution in [2.75, 3.05) is 158 Å². The van der Waals surface area contributed by atoms with Crippen LogP contribution in [0.25, 0.3) is 0 Å². The highest BCUT2D eigenvalue weighted by molar-refractivity contribution is 7.66. The van der Waals surface area contributed by atoms with Crippen LogP contribution in [-0.4, -0.2) is 186 Å². The van der Waals surface area contributed by atoms with Gasteiger partial charge in [0, 0.05) is 78.5 Å². The molecule has 0 unspecified atom stereocenters. The lowest BCUT2D eigenvalue weighted by Gasteiger charge is -2.47. The molecule has 0 N–H and O–H groups in total. The van der Waals surface area contributed by atoms with E-state index in [1.165, 1.54) is 0 Å². The van der Waals surface area contributed by atoms with Crippen molar-refractivity contribution in [3.05, 3.63) is 0 Å². The van der Waals surface area contributed by atoms with Crippen molar-refractivity contribution < 1.29 is 28.4 Å². The lowest BCUT2D eigenvalue weighted by atomic mass is 10.5. The van der Waals surface area contributed by atoms with E-state index in [4.69, 9.17) is 32.6 Å². The average molecular weight is 593 g/mol. The van der Waals surface area contributed by atoms with E-state index >= 15 is 0 Å². The van der Waals surface area contributed by atoms with Crippen LogP contribution in [0, 0.1) is 0 Å². The molecule has 0 atom stereocenters.